The number of hydrogen-bond donors (Lipinski definition) is 1. The van der Waals surface area contributed by atoms with Crippen LogP contribution in [0.2, 0.25) is 0 Å². The van der Waals surface area contributed by atoms with Crippen molar-refractivity contribution in [2.75, 3.05) is 0 Å². The second kappa shape index (κ2) is 5.07. The second-order valence-electron chi connectivity index (χ2n) is 4.99. The van der Waals surface area contributed by atoms with Crippen molar-refractivity contribution in [3.8, 4) is 0 Å². The molecular weight excluding hydrogens is 254 g/mol. The van der Waals surface area contributed by atoms with Crippen molar-refractivity contribution in [3.05, 3.63) is 34.9 Å². The van der Waals surface area contributed by atoms with Crippen LogP contribution in [0.1, 0.15) is 35.2 Å². The van der Waals surface area contributed by atoms with Gasteiger partial charge < -0.3 is 5.11 Å². The lowest BCUT2D eigenvalue weighted by Gasteiger charge is -2.10. The van der Waals surface area contributed by atoms with Gasteiger partial charge in [0.15, 0.2) is 5.78 Å². The predicted molar refractivity (Wildman–Crippen MR) is 63.9 cm³/mol. The molecule has 0 amide bonds. The van der Waals surface area contributed by atoms with Crippen LogP contribution in [0.4, 0.5) is 8.78 Å². The third kappa shape index (κ3) is 2.64. The molecule has 0 heterocycles. The maximum Gasteiger partial charge on any atom is 0.306 e. The number of ketones is 1. The molecule has 1 aliphatic carbocycles. The smallest absolute Gasteiger partial charge is 0.306 e. The van der Waals surface area contributed by atoms with Gasteiger partial charge in [-0.05, 0) is 37.8 Å². The molecular formula is C14H14F2O3. The molecule has 0 saturated heterocycles. The second-order valence-corrected chi connectivity index (χ2v) is 4.99. The molecule has 1 aromatic carbocycles. The number of carbonyl (C=O) groups excluding carboxylic acids is 1. The van der Waals surface area contributed by atoms with Crippen LogP contribution in [-0.4, -0.2) is 16.9 Å². The van der Waals surface area contributed by atoms with Gasteiger partial charge in [-0.1, -0.05) is 0 Å². The van der Waals surface area contributed by atoms with Crippen LogP contribution in [0.25, 0.3) is 0 Å². The molecule has 0 radical (unpaired) electrons. The van der Waals surface area contributed by atoms with Crippen LogP contribution in [0, 0.1) is 30.4 Å². The maximum absolute atomic E-state index is 13.6. The molecule has 1 aliphatic rings. The number of halogens is 2. The zero-order valence-corrected chi connectivity index (χ0v) is 10.5. The van der Waals surface area contributed by atoms with E-state index in [1.807, 2.05) is 0 Å². The van der Waals surface area contributed by atoms with Crippen molar-refractivity contribution in [1.82, 2.24) is 0 Å². The van der Waals surface area contributed by atoms with E-state index in [0.29, 0.717) is 18.9 Å². The molecule has 0 spiro atoms. The van der Waals surface area contributed by atoms with Crippen LogP contribution in [0.3, 0.4) is 0 Å². The summed E-state index contributed by atoms with van der Waals surface area (Å²) < 4.78 is 26.8. The Morgan fingerprint density at radius 2 is 1.79 bits per heavy atom. The van der Waals surface area contributed by atoms with Gasteiger partial charge in [0.05, 0.1) is 11.5 Å². The van der Waals surface area contributed by atoms with E-state index < -0.39 is 35.2 Å². The summed E-state index contributed by atoms with van der Waals surface area (Å²) >= 11 is 0. The normalized spacial score (nSPS) is 22.5. The highest BCUT2D eigenvalue weighted by atomic mass is 19.1. The highest BCUT2D eigenvalue weighted by molar-refractivity contribution is 5.98. The number of carboxylic acids is 1. The zero-order chi connectivity index (χ0) is 14.2. The number of benzene rings is 1. The molecule has 19 heavy (non-hydrogen) atoms. The highest BCUT2D eigenvalue weighted by Gasteiger charge is 2.35. The van der Waals surface area contributed by atoms with Crippen molar-refractivity contribution < 1.29 is 23.5 Å². The molecule has 2 atom stereocenters. The monoisotopic (exact) mass is 268 g/mol. The lowest BCUT2D eigenvalue weighted by atomic mass is 9.94. The van der Waals surface area contributed by atoms with Crippen molar-refractivity contribution in [3.63, 3.8) is 0 Å². The van der Waals surface area contributed by atoms with Gasteiger partial charge in [0.2, 0.25) is 0 Å². The molecule has 1 saturated carbocycles. The standard InChI is InChI=1S/C14H14F2O3/c1-7-4-10(12(16)6-11(7)15)13(17)8-2-3-9(5-8)14(18)19/h4,6,8-9H,2-3,5H2,1H3,(H,18,19). The average molecular weight is 268 g/mol. The largest absolute Gasteiger partial charge is 0.481 e. The van der Waals surface area contributed by atoms with E-state index in [-0.39, 0.29) is 17.5 Å². The first-order valence-corrected chi connectivity index (χ1v) is 6.12. The Balaban J connectivity index is 2.22. The summed E-state index contributed by atoms with van der Waals surface area (Å²) in [5.74, 6) is -3.95. The molecule has 2 unspecified atom stereocenters. The number of Topliss-reactive ketones (excluding diaryl/α,β-unsaturated/α-hetero) is 1. The molecule has 102 valence electrons. The molecule has 1 fully saturated rings. The first-order chi connectivity index (χ1) is 8.90. The minimum Gasteiger partial charge on any atom is -0.481 e. The number of carboxylic acid groups (broad SMARTS) is 1. The number of rotatable bonds is 3. The number of carbonyl (C=O) groups is 2. The van der Waals surface area contributed by atoms with E-state index in [2.05, 4.69) is 0 Å². The van der Waals surface area contributed by atoms with Crippen LogP contribution >= 0.6 is 0 Å². The highest BCUT2D eigenvalue weighted by Crippen LogP contribution is 2.34. The Bertz CT molecular complexity index is 540. The van der Waals surface area contributed by atoms with Gasteiger partial charge in [0.25, 0.3) is 0 Å². The van der Waals surface area contributed by atoms with Gasteiger partial charge in [0, 0.05) is 12.0 Å². The third-order valence-electron chi connectivity index (χ3n) is 3.67. The molecule has 1 N–H and O–H groups in total. The van der Waals surface area contributed by atoms with Crippen LogP contribution in [-0.2, 0) is 4.79 Å². The third-order valence-corrected chi connectivity index (χ3v) is 3.67. The lowest BCUT2D eigenvalue weighted by molar-refractivity contribution is -0.141. The van der Waals surface area contributed by atoms with Crippen molar-refractivity contribution in [2.24, 2.45) is 11.8 Å². The van der Waals surface area contributed by atoms with Gasteiger partial charge in [-0.2, -0.15) is 0 Å². The quantitative estimate of drug-likeness (QED) is 0.857. The van der Waals surface area contributed by atoms with E-state index in [1.54, 1.807) is 0 Å². The van der Waals surface area contributed by atoms with E-state index in [9.17, 15) is 18.4 Å². The Morgan fingerprint density at radius 3 is 2.37 bits per heavy atom. The van der Waals surface area contributed by atoms with Crippen LogP contribution < -0.4 is 0 Å². The summed E-state index contributed by atoms with van der Waals surface area (Å²) in [5.41, 5.74) is 0.0625. The fraction of sp³-hybridized carbons (Fsp3) is 0.429. The Labute approximate surface area is 109 Å². The Kier molecular flexibility index (Phi) is 3.64. The molecule has 0 aromatic heterocycles. The molecule has 2 rings (SSSR count). The molecule has 0 bridgehead atoms. The summed E-state index contributed by atoms with van der Waals surface area (Å²) in [6.45, 7) is 1.46. The Morgan fingerprint density at radius 1 is 1.16 bits per heavy atom. The topological polar surface area (TPSA) is 54.4 Å². The average Bonchev–Trinajstić information content (AvgIpc) is 2.82. The number of hydrogen-bond acceptors (Lipinski definition) is 2. The molecule has 5 heteroatoms. The van der Waals surface area contributed by atoms with E-state index in [4.69, 9.17) is 5.11 Å². The van der Waals surface area contributed by atoms with Crippen molar-refractivity contribution in [1.29, 1.82) is 0 Å². The minimum absolute atomic E-state index is 0.144. The van der Waals surface area contributed by atoms with E-state index in [1.165, 1.54) is 13.0 Å². The van der Waals surface area contributed by atoms with Crippen molar-refractivity contribution in [2.45, 2.75) is 26.2 Å². The number of aryl methyl sites for hydroxylation is 1. The fourth-order valence-electron chi connectivity index (χ4n) is 2.51. The first kappa shape index (κ1) is 13.6. The van der Waals surface area contributed by atoms with Gasteiger partial charge in [-0.25, -0.2) is 8.78 Å². The van der Waals surface area contributed by atoms with Gasteiger partial charge >= 0.3 is 5.97 Å². The van der Waals surface area contributed by atoms with Crippen LogP contribution in [0.5, 0.6) is 0 Å². The minimum atomic E-state index is -0.925. The SMILES string of the molecule is Cc1cc(C(=O)C2CCC(C(=O)O)C2)c(F)cc1F. The van der Waals surface area contributed by atoms with Gasteiger partial charge in [0.1, 0.15) is 11.6 Å². The molecule has 3 nitrogen and oxygen atoms in total. The first-order valence-electron chi connectivity index (χ1n) is 6.12. The fourth-order valence-corrected chi connectivity index (χ4v) is 2.51. The predicted octanol–water partition coefficient (Wildman–Crippen LogP) is 2.96. The summed E-state index contributed by atoms with van der Waals surface area (Å²) in [4.78, 5) is 23.0. The molecule has 0 aliphatic heterocycles. The van der Waals surface area contributed by atoms with Gasteiger partial charge in [-0.15, -0.1) is 0 Å². The molecule has 1 aromatic rings. The van der Waals surface area contributed by atoms with E-state index in [0.717, 1.165) is 0 Å². The zero-order valence-electron chi connectivity index (χ0n) is 10.5. The van der Waals surface area contributed by atoms with Crippen LogP contribution in [0.15, 0.2) is 12.1 Å². The van der Waals surface area contributed by atoms with Crippen molar-refractivity contribution >= 4 is 11.8 Å². The summed E-state index contributed by atoms with van der Waals surface area (Å²) in [6.07, 6.45) is 1.09. The lowest BCUT2D eigenvalue weighted by Crippen LogP contribution is -2.16. The number of aliphatic carboxylic acids is 1. The van der Waals surface area contributed by atoms with Gasteiger partial charge in [-0.3, -0.25) is 9.59 Å². The summed E-state index contributed by atoms with van der Waals surface area (Å²) in [5, 5.41) is 8.88. The Hall–Kier alpha value is -1.78. The summed E-state index contributed by atoms with van der Waals surface area (Å²) in [7, 11) is 0. The maximum atomic E-state index is 13.6. The van der Waals surface area contributed by atoms with E-state index >= 15 is 0 Å². The summed E-state index contributed by atoms with van der Waals surface area (Å²) in [6, 6.07) is 1.90.